The Hall–Kier alpha value is -11.4. The standard InChI is InChI=1S/C81H102ClN15O16/c1-48(2)39-62(72(103)89-60(15-9-32-87-81(84)85)79(110)97-34-10-16-68(97)78(109)88-49(3)70(83)101)90-73(104)65(43-52-21-27-57(28-22-52)80(111)112)93-75(106)66(42-51-17-19-54(20-18-51)46-96-35-37-113-38-36-96)94-77(108)67(47-98)95-76(107)63(41-50-11-5-4-6-12-50)92-74(105)64(44-53-24-29-59(82)30-25-53)91-71(102)61(86-33-31-69(99)100)45-55-23-26-56-13-7-8-14-58(56)40-55/h4-8,11-14,17-30,40,48-49,60-68,86,98H,9-10,15-16,31-39,41-47H2,1-3H3,(H2,83,101)(H,88,109)(H,89,103)(H,90,104)(H,91,102)(H,92,105)(H,93,106)(H,94,108)(H,95,107)(H,99,100)(H,111,112)(H4,84,85,87)/t49-,60+,61-,62+,63-,64-,65-,66+,67+,68+/m1/s1. The predicted molar refractivity (Wildman–Crippen MR) is 421 cm³/mol. The van der Waals surface area contributed by atoms with Crippen LogP contribution in [0.5, 0.6) is 0 Å². The van der Waals surface area contributed by atoms with Crippen molar-refractivity contribution >= 4 is 99.3 Å². The number of aliphatic hydroxyl groups is 1. The van der Waals surface area contributed by atoms with Crippen LogP contribution < -0.4 is 64.6 Å². The van der Waals surface area contributed by atoms with Gasteiger partial charge in [-0.25, -0.2) is 4.79 Å². The minimum Gasteiger partial charge on any atom is -0.481 e. The lowest BCUT2D eigenvalue weighted by Crippen LogP contribution is -2.62. The second kappa shape index (κ2) is 43.4. The van der Waals surface area contributed by atoms with Gasteiger partial charge >= 0.3 is 11.9 Å². The summed E-state index contributed by atoms with van der Waals surface area (Å²) in [5.41, 5.74) is 14.4. The number of aliphatic carboxylic acids is 1. The van der Waals surface area contributed by atoms with E-state index in [2.05, 4.69) is 58.1 Å². The van der Waals surface area contributed by atoms with E-state index in [1.165, 1.54) is 36.1 Å². The third kappa shape index (κ3) is 27.8. The van der Waals surface area contributed by atoms with Gasteiger partial charge in [-0.1, -0.05) is 147 Å². The Morgan fingerprint density at radius 1 is 0.522 bits per heavy atom. The van der Waals surface area contributed by atoms with Crippen molar-refractivity contribution < 1.29 is 77.6 Å². The van der Waals surface area contributed by atoms with Gasteiger partial charge in [0, 0.05) is 70.0 Å². The zero-order chi connectivity index (χ0) is 81.7. The van der Waals surface area contributed by atoms with E-state index in [4.69, 9.17) is 33.2 Å². The van der Waals surface area contributed by atoms with Crippen LogP contribution in [-0.2, 0) is 96.1 Å². The fraction of sp³-hybridized carbons (Fsp3) is 0.420. The smallest absolute Gasteiger partial charge is 0.335 e. The highest BCUT2D eigenvalue weighted by molar-refractivity contribution is 6.30. The molecule has 2 aliphatic rings. The number of carbonyl (C=O) groups is 12. The molecule has 0 aliphatic carbocycles. The number of guanidine groups is 1. The van der Waals surface area contributed by atoms with E-state index >= 15 is 19.2 Å². The molecule has 31 nitrogen and oxygen atoms in total. The van der Waals surface area contributed by atoms with Crippen molar-refractivity contribution in [1.29, 1.82) is 5.41 Å². The molecule has 32 heteroatoms. The molecule has 0 radical (unpaired) electrons. The maximum Gasteiger partial charge on any atom is 0.335 e. The monoisotopic (exact) mass is 1580 g/mol. The number of hydrogen-bond acceptors (Lipinski definition) is 17. The minimum atomic E-state index is -1.84. The maximum absolute atomic E-state index is 15.4. The Morgan fingerprint density at radius 3 is 1.51 bits per heavy atom. The molecule has 18 N–H and O–H groups in total. The number of rotatable bonds is 42. The third-order valence-corrected chi connectivity index (χ3v) is 19.7. The molecule has 2 saturated heterocycles. The van der Waals surface area contributed by atoms with Gasteiger partial charge < -0.3 is 89.6 Å². The molecular weight excluding hydrogens is 1470 g/mol. The van der Waals surface area contributed by atoms with Crippen LogP contribution in [0, 0.1) is 11.3 Å². The van der Waals surface area contributed by atoms with Gasteiger partial charge in [-0.2, -0.15) is 0 Å². The third-order valence-electron chi connectivity index (χ3n) is 19.5. The van der Waals surface area contributed by atoms with Crippen LogP contribution >= 0.6 is 11.6 Å². The van der Waals surface area contributed by atoms with E-state index in [1.54, 1.807) is 80.6 Å². The van der Waals surface area contributed by atoms with Crippen molar-refractivity contribution in [3.8, 4) is 0 Å². The summed E-state index contributed by atoms with van der Waals surface area (Å²) in [6, 6.07) is 27.0. The first-order valence-corrected chi connectivity index (χ1v) is 38.1. The minimum absolute atomic E-state index is 0.0357. The number of amides is 10. The highest BCUT2D eigenvalue weighted by Crippen LogP contribution is 2.23. The van der Waals surface area contributed by atoms with E-state index in [0.717, 1.165) is 21.9 Å². The number of carboxylic acid groups (broad SMARTS) is 2. The lowest BCUT2D eigenvalue weighted by atomic mass is 9.99. The first kappa shape index (κ1) is 87.2. The van der Waals surface area contributed by atoms with Crippen molar-refractivity contribution in [2.45, 2.75) is 158 Å². The van der Waals surface area contributed by atoms with Crippen molar-refractivity contribution in [3.05, 3.63) is 190 Å². The molecule has 2 aliphatic heterocycles. The second-order valence-electron chi connectivity index (χ2n) is 28.7. The SMILES string of the molecule is CC(C)C[C@H](NC(=O)[C@@H](Cc1ccc(C(=O)O)cc1)NC(=O)[C@H](Cc1ccc(CN2CCOCC2)cc1)NC(=O)[C@H](CO)NC(=O)[C@@H](Cc1ccccc1)NC(=O)[C@@H](Cc1ccc(Cl)cc1)NC(=O)[C@@H](Cc1ccc2ccccc2c1)NCCC(=O)O)C(=O)N[C@@H](CCCNC(=N)N)C(=O)N1CCC[C@H]1C(=O)N[C@H](C)C(N)=O. The maximum atomic E-state index is 15.4. The van der Waals surface area contributed by atoms with Crippen molar-refractivity contribution in [3.63, 3.8) is 0 Å². The number of morpholine rings is 1. The average Bonchev–Trinajstić information content (AvgIpc) is 1.62. The molecule has 604 valence electrons. The summed E-state index contributed by atoms with van der Waals surface area (Å²) in [4.78, 5) is 172. The Kier molecular flexibility index (Phi) is 33.5. The Labute approximate surface area is 660 Å². The Bertz CT molecular complexity index is 4290. The Balaban J connectivity index is 1.08. The summed E-state index contributed by atoms with van der Waals surface area (Å²) >= 11 is 6.28. The van der Waals surface area contributed by atoms with Crippen LogP contribution in [0.15, 0.2) is 146 Å². The number of fused-ring (bicyclic) bond motifs is 1. The molecule has 0 spiro atoms. The van der Waals surface area contributed by atoms with Crippen LogP contribution in [0.2, 0.25) is 5.02 Å². The molecule has 6 aromatic rings. The van der Waals surface area contributed by atoms with E-state index in [0.29, 0.717) is 66.5 Å². The van der Waals surface area contributed by atoms with Crippen LogP contribution in [-0.4, -0.2) is 215 Å². The molecule has 0 bridgehead atoms. The number of aromatic carboxylic acids is 1. The molecule has 113 heavy (non-hydrogen) atoms. The molecule has 0 saturated carbocycles. The zero-order valence-corrected chi connectivity index (χ0v) is 64.2. The van der Waals surface area contributed by atoms with E-state index in [1.807, 2.05) is 54.6 Å². The van der Waals surface area contributed by atoms with Gasteiger partial charge in [0.15, 0.2) is 5.96 Å². The lowest BCUT2D eigenvalue weighted by Gasteiger charge is -2.31. The van der Waals surface area contributed by atoms with Crippen LogP contribution in [0.25, 0.3) is 10.8 Å². The number of aliphatic hydroxyl groups excluding tert-OH is 1. The first-order chi connectivity index (χ1) is 54.1. The number of hydrogen-bond donors (Lipinski definition) is 16. The fourth-order valence-corrected chi connectivity index (χ4v) is 13.4. The number of nitrogens with two attached hydrogens (primary N) is 2. The summed E-state index contributed by atoms with van der Waals surface area (Å²) in [5, 5.41) is 67.9. The van der Waals surface area contributed by atoms with Gasteiger partial charge in [0.05, 0.1) is 37.8 Å². The quantitative estimate of drug-likeness (QED) is 0.0147. The van der Waals surface area contributed by atoms with Crippen LogP contribution in [0.1, 0.15) is 103 Å². The number of carbonyl (C=O) groups excluding carboxylic acids is 10. The molecule has 8 rings (SSSR count). The topological polar surface area (TPSA) is 477 Å². The molecule has 0 aromatic heterocycles. The van der Waals surface area contributed by atoms with E-state index < -0.39 is 138 Å². The molecule has 0 unspecified atom stereocenters. The summed E-state index contributed by atoms with van der Waals surface area (Å²) < 4.78 is 5.54. The number of carboxylic acids is 2. The van der Waals surface area contributed by atoms with Gasteiger partial charge in [0.1, 0.15) is 54.4 Å². The average molecular weight is 1580 g/mol. The van der Waals surface area contributed by atoms with E-state index in [-0.39, 0.29) is 101 Å². The van der Waals surface area contributed by atoms with Crippen molar-refractivity contribution in [2.24, 2.45) is 17.4 Å². The highest BCUT2D eigenvalue weighted by Gasteiger charge is 2.41. The zero-order valence-electron chi connectivity index (χ0n) is 63.4. The summed E-state index contributed by atoms with van der Waals surface area (Å²) in [6.45, 7) is 7.03. The summed E-state index contributed by atoms with van der Waals surface area (Å²) in [6.07, 6.45) is -0.488. The van der Waals surface area contributed by atoms with Gasteiger partial charge in [0.25, 0.3) is 0 Å². The number of nitrogens with zero attached hydrogens (tertiary/aromatic N) is 2. The molecular formula is C81H102ClN15O16. The van der Waals surface area contributed by atoms with Crippen molar-refractivity contribution in [1.82, 2.24) is 63.0 Å². The molecule has 6 aromatic carbocycles. The van der Waals surface area contributed by atoms with Gasteiger partial charge in [-0.3, -0.25) is 63.0 Å². The highest BCUT2D eigenvalue weighted by atomic mass is 35.5. The lowest BCUT2D eigenvalue weighted by molar-refractivity contribution is -0.142. The fourth-order valence-electron chi connectivity index (χ4n) is 13.3. The van der Waals surface area contributed by atoms with Gasteiger partial charge in [-0.15, -0.1) is 0 Å². The number of benzene rings is 6. The molecule has 2 fully saturated rings. The normalized spacial score (nSPS) is 15.9. The number of nitrogens with one attached hydrogen (secondary N) is 11. The van der Waals surface area contributed by atoms with Crippen LogP contribution in [0.3, 0.4) is 0 Å². The number of likely N-dealkylation sites (tertiary alicyclic amines) is 1. The molecule has 10 atom stereocenters. The number of primary amides is 1. The first-order valence-electron chi connectivity index (χ1n) is 37.7. The summed E-state index contributed by atoms with van der Waals surface area (Å²) in [5.74, 6) is -11.5. The van der Waals surface area contributed by atoms with E-state index in [9.17, 15) is 53.7 Å². The number of ether oxygens (including phenoxy) is 1. The molecule has 2 heterocycles. The van der Waals surface area contributed by atoms with Gasteiger partial charge in [0.2, 0.25) is 59.1 Å². The largest absolute Gasteiger partial charge is 0.481 e. The summed E-state index contributed by atoms with van der Waals surface area (Å²) in [7, 11) is 0. The predicted octanol–water partition coefficient (Wildman–Crippen LogP) is 1.65. The van der Waals surface area contributed by atoms with Crippen molar-refractivity contribution in [2.75, 3.05) is 52.5 Å². The Morgan fingerprint density at radius 2 is 0.982 bits per heavy atom. The second-order valence-corrected chi connectivity index (χ2v) is 29.2. The van der Waals surface area contributed by atoms with Crippen LogP contribution in [0.4, 0.5) is 0 Å². The molecule has 10 amide bonds. The number of halogens is 1. The van der Waals surface area contributed by atoms with Gasteiger partial charge in [-0.05, 0) is 120 Å².